The van der Waals surface area contributed by atoms with Crippen molar-refractivity contribution in [3.05, 3.63) is 0 Å². The smallest absolute Gasteiger partial charge is 0.340 e. The Hall–Kier alpha value is -0.390. The molecule has 0 rings (SSSR count). The molecule has 0 saturated heterocycles. The number of aliphatic hydroxyl groups excluding tert-OH is 1. The molecule has 0 heterocycles. The van der Waals surface area contributed by atoms with Gasteiger partial charge in [-0.05, 0) is 0 Å². The van der Waals surface area contributed by atoms with Gasteiger partial charge in [-0.15, -0.1) is 0 Å². The summed E-state index contributed by atoms with van der Waals surface area (Å²) in [5.74, 6) is -4.74. The van der Waals surface area contributed by atoms with Crippen molar-refractivity contribution in [3.63, 3.8) is 0 Å². The van der Waals surface area contributed by atoms with Crippen molar-refractivity contribution in [2.75, 3.05) is 6.61 Å². The molecule has 10 heavy (non-hydrogen) atoms. The molecular weight excluding hydrogens is 159 g/mol. The van der Waals surface area contributed by atoms with Gasteiger partial charge in [-0.2, -0.15) is 8.78 Å². The molecule has 1 unspecified atom stereocenters. The van der Waals surface area contributed by atoms with E-state index in [4.69, 9.17) is 5.11 Å². The number of hydrogen-bond donors (Lipinski definition) is 1. The summed E-state index contributed by atoms with van der Waals surface area (Å²) in [6.45, 7) is -1.60. The van der Waals surface area contributed by atoms with Gasteiger partial charge in [-0.1, -0.05) is 0 Å². The third-order valence-electron chi connectivity index (χ3n) is 0.869. The summed E-state index contributed by atoms with van der Waals surface area (Å²) in [6, 6.07) is 0. The molecule has 1 atom stereocenters. The van der Waals surface area contributed by atoms with Crippen molar-refractivity contribution in [1.82, 2.24) is 0 Å². The van der Waals surface area contributed by atoms with Crippen molar-refractivity contribution in [1.29, 1.82) is 0 Å². The van der Waals surface area contributed by atoms with E-state index >= 15 is 0 Å². The molecule has 0 aromatic rings. The molecule has 0 aromatic carbocycles. The molecule has 0 spiro atoms. The van der Waals surface area contributed by atoms with Crippen LogP contribution in [0.1, 0.15) is 0 Å². The Labute approximate surface area is 53.5 Å². The average Bonchev–Trinajstić information content (AvgIpc) is 1.86. The molecule has 0 radical (unpaired) electrons. The molecule has 0 aliphatic carbocycles. The zero-order chi connectivity index (χ0) is 8.36. The van der Waals surface area contributed by atoms with Gasteiger partial charge in [0.25, 0.3) is 0 Å². The molecule has 0 fully saturated rings. The number of alkyl halides is 5. The van der Waals surface area contributed by atoms with Crippen molar-refractivity contribution in [3.8, 4) is 0 Å². The summed E-state index contributed by atoms with van der Waals surface area (Å²) in [4.78, 5) is 0. The first-order chi connectivity index (χ1) is 4.42. The van der Waals surface area contributed by atoms with Gasteiger partial charge in [0.1, 0.15) is 0 Å². The topological polar surface area (TPSA) is 20.2 Å². The molecule has 6 heteroatoms. The number of rotatable bonds is 3. The Bertz CT molecular complexity index is 104. The fourth-order valence-corrected chi connectivity index (χ4v) is 0.258. The molecule has 0 aromatic heterocycles. The molecule has 0 saturated carbocycles. The summed E-state index contributed by atoms with van der Waals surface area (Å²) in [6.07, 6.45) is -7.26. The van der Waals surface area contributed by atoms with Crippen LogP contribution in [0.3, 0.4) is 0 Å². The maximum atomic E-state index is 11.7. The summed E-state index contributed by atoms with van der Waals surface area (Å²) < 4.78 is 57.3. The van der Waals surface area contributed by atoms with Crippen LogP contribution in [-0.2, 0) is 0 Å². The zero-order valence-corrected chi connectivity index (χ0v) is 4.70. The lowest BCUT2D eigenvalue weighted by Gasteiger charge is -2.17. The maximum absolute atomic E-state index is 11.7. The first-order valence-corrected chi connectivity index (χ1v) is 2.33. The predicted molar refractivity (Wildman–Crippen MR) is 22.9 cm³/mol. The summed E-state index contributed by atoms with van der Waals surface area (Å²) >= 11 is 0. The van der Waals surface area contributed by atoms with Crippen molar-refractivity contribution in [2.24, 2.45) is 0 Å². The van der Waals surface area contributed by atoms with Crippen molar-refractivity contribution < 1.29 is 27.1 Å². The van der Waals surface area contributed by atoms with Gasteiger partial charge in [0.2, 0.25) is 0 Å². The number of halogens is 5. The minimum absolute atomic E-state index is 1.60. The SMILES string of the molecule is OCC(F)C(F)(F)C(F)F. The molecule has 0 aliphatic heterocycles. The monoisotopic (exact) mass is 164 g/mol. The minimum Gasteiger partial charge on any atom is -0.393 e. The second-order valence-corrected chi connectivity index (χ2v) is 1.63. The highest BCUT2D eigenvalue weighted by Gasteiger charge is 2.49. The van der Waals surface area contributed by atoms with Crippen molar-refractivity contribution in [2.45, 2.75) is 18.5 Å². The van der Waals surface area contributed by atoms with Crippen molar-refractivity contribution >= 4 is 0 Å². The molecule has 1 N–H and O–H groups in total. The second-order valence-electron chi connectivity index (χ2n) is 1.63. The Kier molecular flexibility index (Phi) is 3.01. The molecule has 1 nitrogen and oxygen atoms in total. The summed E-state index contributed by atoms with van der Waals surface area (Å²) in [7, 11) is 0. The molecular formula is C4H5F5O. The van der Waals surface area contributed by atoms with Gasteiger partial charge < -0.3 is 5.11 Å². The first kappa shape index (κ1) is 9.61. The van der Waals surface area contributed by atoms with E-state index < -0.39 is 25.1 Å². The normalized spacial score (nSPS) is 15.9. The lowest BCUT2D eigenvalue weighted by atomic mass is 10.2. The lowest BCUT2D eigenvalue weighted by molar-refractivity contribution is -0.178. The maximum Gasteiger partial charge on any atom is 0.340 e. The van der Waals surface area contributed by atoms with E-state index in [9.17, 15) is 22.0 Å². The van der Waals surface area contributed by atoms with Crippen LogP contribution in [0.5, 0.6) is 0 Å². The van der Waals surface area contributed by atoms with E-state index in [1.807, 2.05) is 0 Å². The summed E-state index contributed by atoms with van der Waals surface area (Å²) in [5, 5.41) is 7.73. The Balaban J connectivity index is 4.09. The fourth-order valence-electron chi connectivity index (χ4n) is 0.258. The third-order valence-corrected chi connectivity index (χ3v) is 0.869. The Morgan fingerprint density at radius 2 is 1.60 bits per heavy atom. The van der Waals surface area contributed by atoms with Gasteiger partial charge in [-0.3, -0.25) is 0 Å². The second kappa shape index (κ2) is 3.14. The third kappa shape index (κ3) is 1.80. The molecule has 0 amide bonds. The van der Waals surface area contributed by atoms with E-state index in [1.165, 1.54) is 0 Å². The largest absolute Gasteiger partial charge is 0.393 e. The van der Waals surface area contributed by atoms with Crippen LogP contribution < -0.4 is 0 Å². The van der Waals surface area contributed by atoms with Gasteiger partial charge in [-0.25, -0.2) is 13.2 Å². The van der Waals surface area contributed by atoms with Crippen LogP contribution in [0, 0.1) is 0 Å². The zero-order valence-electron chi connectivity index (χ0n) is 4.70. The number of aliphatic hydroxyl groups is 1. The van der Waals surface area contributed by atoms with Gasteiger partial charge in [0.15, 0.2) is 6.17 Å². The van der Waals surface area contributed by atoms with Gasteiger partial charge in [0.05, 0.1) is 6.61 Å². The fraction of sp³-hybridized carbons (Fsp3) is 1.00. The van der Waals surface area contributed by atoms with E-state index in [0.29, 0.717) is 0 Å². The van der Waals surface area contributed by atoms with E-state index in [-0.39, 0.29) is 0 Å². The van der Waals surface area contributed by atoms with E-state index in [1.54, 1.807) is 0 Å². The molecule has 0 bridgehead atoms. The standard InChI is InChI=1S/C4H5F5O/c5-2(1-10)4(8,9)3(6)7/h2-3,10H,1H2. The van der Waals surface area contributed by atoms with Gasteiger partial charge >= 0.3 is 12.3 Å². The van der Waals surface area contributed by atoms with E-state index in [2.05, 4.69) is 0 Å². The predicted octanol–water partition coefficient (Wildman–Crippen LogP) is 1.22. The summed E-state index contributed by atoms with van der Waals surface area (Å²) in [5.41, 5.74) is 0. The number of hydrogen-bond acceptors (Lipinski definition) is 1. The highest BCUT2D eigenvalue weighted by atomic mass is 19.3. The van der Waals surface area contributed by atoms with Crippen LogP contribution >= 0.6 is 0 Å². The highest BCUT2D eigenvalue weighted by Crippen LogP contribution is 2.28. The van der Waals surface area contributed by atoms with Crippen LogP contribution in [0.4, 0.5) is 22.0 Å². The average molecular weight is 164 g/mol. The molecule has 0 aliphatic rings. The van der Waals surface area contributed by atoms with Crippen LogP contribution in [0.25, 0.3) is 0 Å². The van der Waals surface area contributed by atoms with Crippen LogP contribution in [0.2, 0.25) is 0 Å². The minimum atomic E-state index is -4.74. The quantitative estimate of drug-likeness (QED) is 0.621. The highest BCUT2D eigenvalue weighted by molar-refractivity contribution is 4.78. The van der Waals surface area contributed by atoms with Gasteiger partial charge in [0, 0.05) is 0 Å². The van der Waals surface area contributed by atoms with E-state index in [0.717, 1.165) is 0 Å². The Morgan fingerprint density at radius 3 is 1.70 bits per heavy atom. The van der Waals surface area contributed by atoms with Crippen LogP contribution in [0.15, 0.2) is 0 Å². The van der Waals surface area contributed by atoms with Crippen LogP contribution in [-0.4, -0.2) is 30.2 Å². The Morgan fingerprint density at radius 1 is 1.20 bits per heavy atom. The molecule has 62 valence electrons. The first-order valence-electron chi connectivity index (χ1n) is 2.33. The lowest BCUT2D eigenvalue weighted by Crippen LogP contribution is -2.39.